The van der Waals surface area contributed by atoms with Gasteiger partial charge in [-0.15, -0.1) is 0 Å². The predicted molar refractivity (Wildman–Crippen MR) is 140 cm³/mol. The number of aliphatic hydroxyl groups is 11. The minimum absolute atomic E-state index is 0.439. The molecule has 0 aliphatic carbocycles. The monoisotopic (exact) mass is 670 g/mol. The number of hydrogen-bond donors (Lipinski definition) is 11. The topological polar surface area (TPSA) is 363 Å². The molecule has 0 unspecified atom stereocenters. The molecule has 22 nitrogen and oxygen atoms in total. The van der Waals surface area contributed by atoms with Gasteiger partial charge in [-0.2, -0.15) is 0 Å². The van der Waals surface area contributed by atoms with E-state index in [1.54, 1.807) is 0 Å². The van der Waals surface area contributed by atoms with Crippen LogP contribution in [0.3, 0.4) is 0 Å². The zero-order valence-electron chi connectivity index (χ0n) is 23.4. The van der Waals surface area contributed by atoms with Crippen LogP contribution in [0.1, 0.15) is 10.4 Å². The number of rotatable bonds is 14. The Kier molecular flexibility index (Phi) is 12.9. The Bertz CT molecular complexity index is 1220. The van der Waals surface area contributed by atoms with Gasteiger partial charge in [-0.25, -0.2) is 0 Å². The molecule has 46 heavy (non-hydrogen) atoms. The number of benzene rings is 1. The van der Waals surface area contributed by atoms with E-state index in [9.17, 15) is 81.2 Å². The van der Waals surface area contributed by atoms with E-state index in [1.807, 2.05) is 0 Å². The van der Waals surface area contributed by atoms with E-state index in [0.717, 1.165) is 6.07 Å². The third kappa shape index (κ3) is 8.14. The molecule has 3 rings (SSSR count). The summed E-state index contributed by atoms with van der Waals surface area (Å²) in [6, 6.07) is 1.82. The van der Waals surface area contributed by atoms with Gasteiger partial charge in [0.15, 0.2) is 12.6 Å². The minimum atomic E-state index is -2.60. The van der Waals surface area contributed by atoms with E-state index in [1.165, 1.54) is 0 Å². The summed E-state index contributed by atoms with van der Waals surface area (Å²) in [5.74, 6) is -1.54. The van der Waals surface area contributed by atoms with Crippen LogP contribution in [-0.4, -0.2) is 177 Å². The zero-order chi connectivity index (χ0) is 34.6. The summed E-state index contributed by atoms with van der Waals surface area (Å²) >= 11 is 0. The molecular formula is C24H34N2O20. The van der Waals surface area contributed by atoms with Crippen molar-refractivity contribution in [3.8, 4) is 0 Å². The Balaban J connectivity index is 1.61. The largest absolute Gasteiger partial charge is 0.394 e. The summed E-state index contributed by atoms with van der Waals surface area (Å²) in [7, 11) is 0. The van der Waals surface area contributed by atoms with Crippen molar-refractivity contribution in [3.05, 3.63) is 44.0 Å². The number of hydrogen-bond acceptors (Lipinski definition) is 20. The third-order valence-corrected chi connectivity index (χ3v) is 7.36. The van der Waals surface area contributed by atoms with E-state index >= 15 is 0 Å². The van der Waals surface area contributed by atoms with Gasteiger partial charge in [0, 0.05) is 6.07 Å². The first-order valence-electron chi connectivity index (χ1n) is 13.4. The van der Waals surface area contributed by atoms with Crippen molar-refractivity contribution in [1.82, 2.24) is 0 Å². The number of non-ortho nitro benzene ring substituents is 1. The average Bonchev–Trinajstić information content (AvgIpc) is 3.04. The SMILES string of the molecule is O=C(c1ccc([N+](=O)[O-])cc1[N+](=O)[O-])[C@H](O)[C@@H](O)[C@H](O)[C@H](O)CO[C@H]1O[C@H](CO[C@H]2O[C@H](CO)[C@@H](O)[C@H](O)[C@H]2O)[C@@H](O)[C@H](O)[C@H]1O. The lowest BCUT2D eigenvalue weighted by Gasteiger charge is -2.42. The maximum absolute atomic E-state index is 12.6. The number of carbonyl (C=O) groups excluding carboxylic acids is 1. The summed E-state index contributed by atoms with van der Waals surface area (Å²) < 4.78 is 20.9. The van der Waals surface area contributed by atoms with Crippen LogP contribution in [0.15, 0.2) is 18.2 Å². The van der Waals surface area contributed by atoms with Gasteiger partial charge in [-0.05, 0) is 6.07 Å². The molecule has 2 aliphatic rings. The molecule has 0 amide bonds. The molecule has 22 heteroatoms. The van der Waals surface area contributed by atoms with Gasteiger partial charge in [0.2, 0.25) is 5.78 Å². The van der Waals surface area contributed by atoms with Crippen molar-refractivity contribution in [3.63, 3.8) is 0 Å². The number of nitro groups is 2. The first-order valence-corrected chi connectivity index (χ1v) is 13.4. The molecule has 260 valence electrons. The first-order chi connectivity index (χ1) is 21.5. The van der Waals surface area contributed by atoms with Crippen LogP contribution in [0.4, 0.5) is 11.4 Å². The van der Waals surface area contributed by atoms with Crippen molar-refractivity contribution >= 4 is 17.2 Å². The Morgan fingerprint density at radius 1 is 0.783 bits per heavy atom. The number of Topliss-reactive ketones (excluding diaryl/α,β-unsaturated/α-hetero) is 1. The molecular weight excluding hydrogens is 636 g/mol. The Labute approximate surface area is 257 Å². The minimum Gasteiger partial charge on any atom is -0.394 e. The fourth-order valence-corrected chi connectivity index (χ4v) is 4.60. The van der Waals surface area contributed by atoms with Gasteiger partial charge < -0.3 is 75.1 Å². The predicted octanol–water partition coefficient (Wildman–Crippen LogP) is -6.23. The van der Waals surface area contributed by atoms with Gasteiger partial charge in [0.1, 0.15) is 73.2 Å². The fourth-order valence-electron chi connectivity index (χ4n) is 4.60. The lowest BCUT2D eigenvalue weighted by molar-refractivity contribution is -0.394. The van der Waals surface area contributed by atoms with E-state index in [2.05, 4.69) is 0 Å². The normalized spacial score (nSPS) is 34.3. The van der Waals surface area contributed by atoms with Crippen molar-refractivity contribution in [2.75, 3.05) is 19.8 Å². The van der Waals surface area contributed by atoms with Gasteiger partial charge in [-0.1, -0.05) is 0 Å². The van der Waals surface area contributed by atoms with E-state index in [-0.39, 0.29) is 0 Å². The molecule has 2 aliphatic heterocycles. The molecule has 1 aromatic rings. The van der Waals surface area contributed by atoms with E-state index < -0.39 is 138 Å². The van der Waals surface area contributed by atoms with Crippen LogP contribution in [0.5, 0.6) is 0 Å². The first kappa shape index (κ1) is 37.5. The van der Waals surface area contributed by atoms with Gasteiger partial charge in [0.25, 0.3) is 11.4 Å². The third-order valence-electron chi connectivity index (χ3n) is 7.36. The summed E-state index contributed by atoms with van der Waals surface area (Å²) in [5.41, 5.74) is -2.69. The standard InChI is InChI=1S/C24H34N2O20/c27-4-11-15(31)19(35)21(37)24(45-11)44-6-12-16(32)20(36)22(38)23(46-12)43-5-10(28)14(30)18(34)17(33)13(29)8-2-1-7(25(39)40)3-9(8)26(41)42/h1-3,10-12,14-24,27-28,30-38H,4-6H2/t10-,11-,12-,14-,15-,16-,17+,18+,19+,20+,21-,22-,23+,24+/m1/s1. The quantitative estimate of drug-likeness (QED) is 0.0498. The number of nitro benzene ring substituents is 2. The Hall–Kier alpha value is -2.91. The summed E-state index contributed by atoms with van der Waals surface area (Å²) in [6.45, 7) is -2.50. The highest BCUT2D eigenvalue weighted by Crippen LogP contribution is 2.28. The second-order valence-electron chi connectivity index (χ2n) is 10.5. The number of aliphatic hydroxyl groups excluding tert-OH is 11. The zero-order valence-corrected chi connectivity index (χ0v) is 23.4. The molecule has 2 saturated heterocycles. The van der Waals surface area contributed by atoms with E-state index in [0.29, 0.717) is 12.1 Å². The molecule has 11 N–H and O–H groups in total. The van der Waals surface area contributed by atoms with E-state index in [4.69, 9.17) is 18.9 Å². The van der Waals surface area contributed by atoms with Crippen molar-refractivity contribution in [2.24, 2.45) is 0 Å². The maximum Gasteiger partial charge on any atom is 0.287 e. The van der Waals surface area contributed by atoms with Gasteiger partial charge in [-0.3, -0.25) is 25.0 Å². The molecule has 0 spiro atoms. The van der Waals surface area contributed by atoms with Crippen molar-refractivity contribution in [2.45, 2.75) is 85.8 Å². The molecule has 1 aromatic carbocycles. The summed E-state index contributed by atoms with van der Waals surface area (Å²) in [5, 5.41) is 133. The molecule has 2 heterocycles. The number of nitrogens with zero attached hydrogens (tertiary/aromatic N) is 2. The molecule has 2 fully saturated rings. The van der Waals surface area contributed by atoms with Crippen LogP contribution in [0.2, 0.25) is 0 Å². The second-order valence-corrected chi connectivity index (χ2v) is 10.5. The van der Waals surface area contributed by atoms with Crippen LogP contribution >= 0.6 is 0 Å². The van der Waals surface area contributed by atoms with Gasteiger partial charge >= 0.3 is 0 Å². The summed E-state index contributed by atoms with van der Waals surface area (Å²) in [4.78, 5) is 32.7. The smallest absolute Gasteiger partial charge is 0.287 e. The highest BCUT2D eigenvalue weighted by atomic mass is 16.7. The highest BCUT2D eigenvalue weighted by molar-refractivity contribution is 6.03. The summed E-state index contributed by atoms with van der Waals surface area (Å²) in [6.07, 6.45) is -27.1. The maximum atomic E-state index is 12.6. The van der Waals surface area contributed by atoms with Crippen LogP contribution in [0, 0.1) is 20.2 Å². The molecule has 0 bridgehead atoms. The molecule has 14 atom stereocenters. The Morgan fingerprint density at radius 3 is 1.87 bits per heavy atom. The molecule has 0 aromatic heterocycles. The van der Waals surface area contributed by atoms with Crippen LogP contribution in [0.25, 0.3) is 0 Å². The highest BCUT2D eigenvalue weighted by Gasteiger charge is 2.48. The number of carbonyl (C=O) groups is 1. The average molecular weight is 671 g/mol. The molecule has 0 radical (unpaired) electrons. The van der Waals surface area contributed by atoms with Crippen LogP contribution < -0.4 is 0 Å². The second kappa shape index (κ2) is 15.8. The Morgan fingerprint density at radius 2 is 1.33 bits per heavy atom. The van der Waals surface area contributed by atoms with Gasteiger partial charge in [0.05, 0.1) is 41.3 Å². The van der Waals surface area contributed by atoms with Crippen molar-refractivity contribution in [1.29, 1.82) is 0 Å². The number of ether oxygens (including phenoxy) is 4. The number of ketones is 1. The van der Waals surface area contributed by atoms with Crippen LogP contribution in [-0.2, 0) is 18.9 Å². The fraction of sp³-hybridized carbons (Fsp3) is 0.708. The molecule has 0 saturated carbocycles. The lowest BCUT2D eigenvalue weighted by atomic mass is 9.95. The lowest BCUT2D eigenvalue weighted by Crippen LogP contribution is -2.62. The van der Waals surface area contributed by atoms with Crippen molar-refractivity contribution < 1.29 is 89.8 Å².